The molecule has 2 aromatic rings. The van der Waals surface area contributed by atoms with Gasteiger partial charge in [0, 0.05) is 12.1 Å². The van der Waals surface area contributed by atoms with Crippen molar-refractivity contribution in [3.63, 3.8) is 0 Å². The SMILES string of the molecule is C=C(C)[C@@H]1CC[C@]2(NCc3ccsc3)CC[C@]3(C)[C@H](CC[C@@H]4[C@@]5(C)CC=C(c6ccc(C(=O)O)cc6)C(C)(C)[C@@H]5CC[C@]43C)[C@@H]12. The van der Waals surface area contributed by atoms with Crippen LogP contribution in [0.5, 0.6) is 0 Å². The molecule has 0 bridgehead atoms. The maximum Gasteiger partial charge on any atom is 0.335 e. The summed E-state index contributed by atoms with van der Waals surface area (Å²) in [6, 6.07) is 9.94. The zero-order chi connectivity index (χ0) is 32.0. The van der Waals surface area contributed by atoms with Gasteiger partial charge < -0.3 is 10.4 Å². The van der Waals surface area contributed by atoms with Crippen LogP contribution in [0.25, 0.3) is 5.57 Å². The van der Waals surface area contributed by atoms with Crippen LogP contribution in [-0.2, 0) is 6.54 Å². The van der Waals surface area contributed by atoms with Gasteiger partial charge in [-0.1, -0.05) is 65.0 Å². The summed E-state index contributed by atoms with van der Waals surface area (Å²) in [6.07, 6.45) is 14.2. The van der Waals surface area contributed by atoms with Crippen molar-refractivity contribution in [1.82, 2.24) is 5.32 Å². The number of allylic oxidation sites excluding steroid dienone is 3. The highest BCUT2D eigenvalue weighted by Gasteiger charge is 2.70. The third-order valence-corrected chi connectivity index (χ3v) is 16.0. The van der Waals surface area contributed by atoms with Crippen LogP contribution < -0.4 is 5.32 Å². The molecule has 7 rings (SSSR count). The number of hydrogen-bond donors (Lipinski definition) is 2. The summed E-state index contributed by atoms with van der Waals surface area (Å²) >= 11 is 1.81. The molecule has 242 valence electrons. The molecule has 0 radical (unpaired) electrons. The van der Waals surface area contributed by atoms with E-state index in [2.05, 4.69) is 76.3 Å². The fourth-order valence-corrected chi connectivity index (χ4v) is 13.7. The Hall–Kier alpha value is -2.17. The summed E-state index contributed by atoms with van der Waals surface area (Å²) in [5, 5.41) is 18.2. The summed E-state index contributed by atoms with van der Waals surface area (Å²) in [5.41, 5.74) is 7.04. The number of rotatable bonds is 6. The van der Waals surface area contributed by atoms with Crippen LogP contribution in [0.2, 0.25) is 0 Å². The zero-order valence-corrected chi connectivity index (χ0v) is 29.4. The minimum atomic E-state index is -0.855. The van der Waals surface area contributed by atoms with Gasteiger partial charge in [0.05, 0.1) is 5.56 Å². The van der Waals surface area contributed by atoms with Crippen molar-refractivity contribution in [2.24, 2.45) is 51.2 Å². The lowest BCUT2D eigenvalue weighted by atomic mass is 9.33. The highest BCUT2D eigenvalue weighted by Crippen LogP contribution is 2.76. The first kappa shape index (κ1) is 31.4. The standard InChI is InChI=1S/C41H55NO2S/c1-26(2)30-14-20-41(42-24-27-17-23-45-25-27)22-21-39(6)32(35(30)41)12-13-34-38(5)18-15-31(28-8-10-29(11-9-28)36(43)44)37(3,4)33(38)16-19-40(34,39)7/h8-11,15,17,23,25,30,32-35,42H,1,12-14,16,18-22,24H2,2-7H3,(H,43,44)/t30-,32+,33-,34+,35+,38-,39+,40+,41-/m0/s1. The average molecular weight is 626 g/mol. The van der Waals surface area contributed by atoms with E-state index < -0.39 is 5.97 Å². The van der Waals surface area contributed by atoms with Gasteiger partial charge in [-0.25, -0.2) is 4.79 Å². The number of aromatic carboxylic acids is 1. The van der Waals surface area contributed by atoms with Gasteiger partial charge in [0.25, 0.3) is 0 Å². The number of hydrogen-bond acceptors (Lipinski definition) is 3. The summed E-state index contributed by atoms with van der Waals surface area (Å²) in [4.78, 5) is 11.5. The Kier molecular flexibility index (Phi) is 7.45. The van der Waals surface area contributed by atoms with Gasteiger partial charge >= 0.3 is 5.97 Å². The number of carbonyl (C=O) groups is 1. The predicted octanol–water partition coefficient (Wildman–Crippen LogP) is 10.6. The van der Waals surface area contributed by atoms with Crippen LogP contribution >= 0.6 is 11.3 Å². The lowest BCUT2D eigenvalue weighted by Crippen LogP contribution is -2.67. The fourth-order valence-electron chi connectivity index (χ4n) is 13.0. The second-order valence-corrected chi connectivity index (χ2v) is 18.0. The molecule has 5 aliphatic carbocycles. The molecule has 4 heteroatoms. The molecule has 0 amide bonds. The minimum absolute atomic E-state index is 0.0423. The van der Waals surface area contributed by atoms with E-state index in [1.165, 1.54) is 73.6 Å². The van der Waals surface area contributed by atoms with Crippen molar-refractivity contribution in [2.75, 3.05) is 0 Å². The Balaban J connectivity index is 1.21. The molecule has 2 N–H and O–H groups in total. The highest BCUT2D eigenvalue weighted by atomic mass is 32.1. The number of carboxylic acid groups (broad SMARTS) is 1. The normalized spacial score (nSPS) is 41.6. The molecule has 1 heterocycles. The van der Waals surface area contributed by atoms with Gasteiger partial charge in [0.15, 0.2) is 0 Å². The second kappa shape index (κ2) is 10.7. The average Bonchev–Trinajstić information content (AvgIpc) is 3.65. The Bertz CT molecular complexity index is 1500. The van der Waals surface area contributed by atoms with E-state index >= 15 is 0 Å². The van der Waals surface area contributed by atoms with Gasteiger partial charge in [-0.3, -0.25) is 0 Å². The number of nitrogens with one attached hydrogen (secondary N) is 1. The van der Waals surface area contributed by atoms with Crippen LogP contribution in [0.1, 0.15) is 121 Å². The first-order valence-corrected chi connectivity index (χ1v) is 18.7. The number of thiophene rings is 1. The maximum atomic E-state index is 11.5. The molecule has 45 heavy (non-hydrogen) atoms. The van der Waals surface area contributed by atoms with Crippen LogP contribution in [-0.4, -0.2) is 16.6 Å². The summed E-state index contributed by atoms with van der Waals surface area (Å²) in [7, 11) is 0. The third kappa shape index (κ3) is 4.47. The number of fused-ring (bicyclic) bond motifs is 7. The highest BCUT2D eigenvalue weighted by molar-refractivity contribution is 7.07. The van der Waals surface area contributed by atoms with E-state index in [0.717, 1.165) is 18.9 Å². The van der Waals surface area contributed by atoms with Crippen molar-refractivity contribution in [3.8, 4) is 0 Å². The van der Waals surface area contributed by atoms with Crippen molar-refractivity contribution in [1.29, 1.82) is 0 Å². The largest absolute Gasteiger partial charge is 0.478 e. The fraction of sp³-hybridized carbons (Fsp3) is 0.634. The molecular weight excluding hydrogens is 571 g/mol. The molecule has 0 saturated heterocycles. The summed E-state index contributed by atoms with van der Waals surface area (Å²) in [6.45, 7) is 21.0. The van der Waals surface area contributed by atoms with E-state index in [1.807, 2.05) is 23.5 Å². The Morgan fingerprint density at radius 3 is 2.36 bits per heavy atom. The van der Waals surface area contributed by atoms with Gasteiger partial charge in [-0.15, -0.1) is 0 Å². The van der Waals surface area contributed by atoms with Gasteiger partial charge in [0.1, 0.15) is 0 Å². The summed E-state index contributed by atoms with van der Waals surface area (Å²) in [5.74, 6) is 2.52. The van der Waals surface area contributed by atoms with E-state index in [4.69, 9.17) is 0 Å². The smallest absolute Gasteiger partial charge is 0.335 e. The van der Waals surface area contributed by atoms with Crippen molar-refractivity contribution >= 4 is 22.9 Å². The quantitative estimate of drug-likeness (QED) is 0.314. The van der Waals surface area contributed by atoms with Crippen LogP contribution in [0.3, 0.4) is 0 Å². The van der Waals surface area contributed by atoms with E-state index in [9.17, 15) is 9.90 Å². The summed E-state index contributed by atoms with van der Waals surface area (Å²) < 4.78 is 0. The molecular formula is C41H55NO2S. The van der Waals surface area contributed by atoms with E-state index in [1.54, 1.807) is 12.1 Å². The minimum Gasteiger partial charge on any atom is -0.478 e. The monoisotopic (exact) mass is 625 g/mol. The Labute approximate surface area is 276 Å². The molecule has 5 aliphatic rings. The van der Waals surface area contributed by atoms with Crippen LogP contribution in [0.4, 0.5) is 0 Å². The molecule has 4 fully saturated rings. The molecule has 0 aliphatic heterocycles. The Morgan fingerprint density at radius 2 is 1.69 bits per heavy atom. The second-order valence-electron chi connectivity index (χ2n) is 17.3. The molecule has 0 unspecified atom stereocenters. The van der Waals surface area contributed by atoms with Crippen LogP contribution in [0.15, 0.2) is 59.3 Å². The predicted molar refractivity (Wildman–Crippen MR) is 187 cm³/mol. The van der Waals surface area contributed by atoms with Gasteiger partial charge in [-0.2, -0.15) is 11.3 Å². The van der Waals surface area contributed by atoms with Crippen molar-refractivity contribution in [2.45, 2.75) is 111 Å². The Morgan fingerprint density at radius 1 is 0.933 bits per heavy atom. The van der Waals surface area contributed by atoms with Gasteiger partial charge in [0.2, 0.25) is 0 Å². The molecule has 9 atom stereocenters. The van der Waals surface area contributed by atoms with Crippen molar-refractivity contribution < 1.29 is 9.90 Å². The van der Waals surface area contributed by atoms with Crippen LogP contribution in [0, 0.1) is 51.2 Å². The molecule has 0 spiro atoms. The molecule has 4 saturated carbocycles. The number of benzene rings is 1. The lowest BCUT2D eigenvalue weighted by Gasteiger charge is -2.72. The first-order valence-electron chi connectivity index (χ1n) is 17.7. The number of carboxylic acids is 1. The zero-order valence-electron chi connectivity index (χ0n) is 28.5. The maximum absolute atomic E-state index is 11.5. The molecule has 3 nitrogen and oxygen atoms in total. The van der Waals surface area contributed by atoms with Crippen molar-refractivity contribution in [3.05, 3.63) is 76.0 Å². The van der Waals surface area contributed by atoms with E-state index in [0.29, 0.717) is 40.1 Å². The molecule has 1 aromatic heterocycles. The lowest BCUT2D eigenvalue weighted by molar-refractivity contribution is -0.219. The third-order valence-electron chi connectivity index (χ3n) is 15.3. The first-order chi connectivity index (χ1) is 21.3. The molecule has 1 aromatic carbocycles. The van der Waals surface area contributed by atoms with Gasteiger partial charge in [-0.05, 0) is 162 Å². The topological polar surface area (TPSA) is 49.3 Å². The van der Waals surface area contributed by atoms with E-state index in [-0.39, 0.29) is 16.4 Å².